The SMILES string of the molecule is [N-]=[N+]=NC1CN(c2ccn(C3CCCCO3)n2)CC1N=[N+]=[N-]. The molecule has 0 bridgehead atoms. The number of anilines is 1. The molecule has 0 spiro atoms. The molecule has 3 rings (SSSR count). The van der Waals surface area contributed by atoms with Crippen molar-refractivity contribution >= 4 is 5.82 Å². The second-order valence-electron chi connectivity index (χ2n) is 5.42. The Bertz CT molecular complexity index is 584. The van der Waals surface area contributed by atoms with Gasteiger partial charge in [-0.15, -0.1) is 0 Å². The lowest BCUT2D eigenvalue weighted by Gasteiger charge is -2.23. The largest absolute Gasteiger partial charge is 0.357 e. The first-order valence-corrected chi connectivity index (χ1v) is 7.32. The van der Waals surface area contributed by atoms with Crippen LogP contribution in [0.1, 0.15) is 25.5 Å². The third kappa shape index (κ3) is 2.94. The normalized spacial score (nSPS) is 28.0. The van der Waals surface area contributed by atoms with Crippen molar-refractivity contribution < 1.29 is 4.74 Å². The predicted molar refractivity (Wildman–Crippen MR) is 79.1 cm³/mol. The van der Waals surface area contributed by atoms with E-state index < -0.39 is 0 Å². The fourth-order valence-corrected chi connectivity index (χ4v) is 2.91. The first-order valence-electron chi connectivity index (χ1n) is 7.32. The van der Waals surface area contributed by atoms with Crippen LogP contribution in [0.3, 0.4) is 0 Å². The summed E-state index contributed by atoms with van der Waals surface area (Å²) in [5, 5.41) is 12.0. The van der Waals surface area contributed by atoms with Gasteiger partial charge in [-0.1, -0.05) is 10.2 Å². The molecule has 0 N–H and O–H groups in total. The molecule has 10 heteroatoms. The van der Waals surface area contributed by atoms with Crippen LogP contribution in [0.15, 0.2) is 22.5 Å². The predicted octanol–water partition coefficient (Wildman–Crippen LogP) is 2.76. The van der Waals surface area contributed by atoms with Gasteiger partial charge < -0.3 is 9.64 Å². The highest BCUT2D eigenvalue weighted by Gasteiger charge is 2.32. The maximum atomic E-state index is 8.61. The van der Waals surface area contributed by atoms with E-state index in [2.05, 4.69) is 25.2 Å². The molecule has 1 aromatic heterocycles. The monoisotopic (exact) mass is 303 g/mol. The van der Waals surface area contributed by atoms with Crippen LogP contribution in [0.2, 0.25) is 0 Å². The van der Waals surface area contributed by atoms with Gasteiger partial charge in [0.25, 0.3) is 0 Å². The molecule has 3 unspecified atom stereocenters. The minimum Gasteiger partial charge on any atom is -0.357 e. The van der Waals surface area contributed by atoms with Gasteiger partial charge in [0.1, 0.15) is 6.23 Å². The van der Waals surface area contributed by atoms with E-state index in [0.29, 0.717) is 13.1 Å². The average Bonchev–Trinajstić information content (AvgIpc) is 3.17. The molecule has 0 aliphatic carbocycles. The Morgan fingerprint density at radius 1 is 1.18 bits per heavy atom. The zero-order valence-corrected chi connectivity index (χ0v) is 12.1. The van der Waals surface area contributed by atoms with Crippen LogP contribution in [-0.2, 0) is 4.74 Å². The van der Waals surface area contributed by atoms with Gasteiger partial charge in [0.15, 0.2) is 5.82 Å². The van der Waals surface area contributed by atoms with Gasteiger partial charge in [-0.05, 0) is 30.3 Å². The Balaban J connectivity index is 1.73. The number of azide groups is 2. The molecule has 3 atom stereocenters. The topological polar surface area (TPSA) is 128 Å². The summed E-state index contributed by atoms with van der Waals surface area (Å²) in [4.78, 5) is 7.62. The number of aromatic nitrogens is 2. The Hall–Kier alpha value is -2.41. The van der Waals surface area contributed by atoms with Gasteiger partial charge in [-0.3, -0.25) is 0 Å². The van der Waals surface area contributed by atoms with Gasteiger partial charge >= 0.3 is 0 Å². The smallest absolute Gasteiger partial charge is 0.150 e. The molecule has 0 aromatic carbocycles. The van der Waals surface area contributed by atoms with E-state index in [1.807, 2.05) is 21.8 Å². The van der Waals surface area contributed by atoms with Crippen LogP contribution in [-0.4, -0.2) is 41.6 Å². The van der Waals surface area contributed by atoms with E-state index >= 15 is 0 Å². The van der Waals surface area contributed by atoms with Gasteiger partial charge in [0, 0.05) is 41.8 Å². The van der Waals surface area contributed by atoms with Gasteiger partial charge in [0.05, 0.1) is 12.1 Å². The highest BCUT2D eigenvalue weighted by molar-refractivity contribution is 5.40. The van der Waals surface area contributed by atoms with Crippen LogP contribution in [0, 0.1) is 0 Å². The van der Waals surface area contributed by atoms with E-state index in [9.17, 15) is 0 Å². The second kappa shape index (κ2) is 6.57. The molecule has 2 fully saturated rings. The number of ether oxygens (including phenoxy) is 1. The number of nitrogens with zero attached hydrogens (tertiary/aromatic N) is 9. The quantitative estimate of drug-likeness (QED) is 0.481. The van der Waals surface area contributed by atoms with Crippen LogP contribution < -0.4 is 4.90 Å². The minimum absolute atomic E-state index is 0.00837. The van der Waals surface area contributed by atoms with Crippen molar-refractivity contribution in [2.75, 3.05) is 24.6 Å². The molecule has 2 saturated heterocycles. The van der Waals surface area contributed by atoms with E-state index in [4.69, 9.17) is 15.8 Å². The fraction of sp³-hybridized carbons (Fsp3) is 0.750. The van der Waals surface area contributed by atoms with Crippen LogP contribution in [0.4, 0.5) is 5.82 Å². The zero-order valence-electron chi connectivity index (χ0n) is 12.1. The lowest BCUT2D eigenvalue weighted by molar-refractivity contribution is -0.0393. The Kier molecular flexibility index (Phi) is 4.34. The summed E-state index contributed by atoms with van der Waals surface area (Å²) in [6, 6.07) is 1.18. The highest BCUT2D eigenvalue weighted by Crippen LogP contribution is 2.26. The molecule has 0 amide bonds. The summed E-state index contributed by atoms with van der Waals surface area (Å²) in [5.74, 6) is 0.781. The minimum atomic E-state index is -0.364. The third-order valence-electron chi connectivity index (χ3n) is 4.03. The second-order valence-corrected chi connectivity index (χ2v) is 5.42. The standard InChI is InChI=1S/C12H17N9O/c13-18-15-9-7-20(8-10(9)16-19-14)11-4-5-21(17-11)12-3-1-2-6-22-12/h4-5,9-10,12H,1-3,6-8H2. The van der Waals surface area contributed by atoms with Crippen molar-refractivity contribution in [2.24, 2.45) is 10.2 Å². The van der Waals surface area contributed by atoms with Gasteiger partial charge in [0.2, 0.25) is 0 Å². The first kappa shape index (κ1) is 14.5. The van der Waals surface area contributed by atoms with Crippen molar-refractivity contribution in [2.45, 2.75) is 37.6 Å². The zero-order chi connectivity index (χ0) is 15.4. The molecule has 0 saturated carbocycles. The first-order chi connectivity index (χ1) is 10.8. The summed E-state index contributed by atoms with van der Waals surface area (Å²) in [6.07, 6.45) is 5.09. The summed E-state index contributed by atoms with van der Waals surface area (Å²) in [6.45, 7) is 1.76. The van der Waals surface area contributed by atoms with Gasteiger partial charge in [-0.25, -0.2) is 4.68 Å². The highest BCUT2D eigenvalue weighted by atomic mass is 16.5. The van der Waals surface area contributed by atoms with Crippen molar-refractivity contribution in [3.8, 4) is 0 Å². The molecule has 116 valence electrons. The van der Waals surface area contributed by atoms with E-state index in [1.165, 1.54) is 0 Å². The Morgan fingerprint density at radius 2 is 1.91 bits per heavy atom. The molecule has 3 heterocycles. The molecule has 1 aromatic rings. The van der Waals surface area contributed by atoms with Gasteiger partial charge in [-0.2, -0.15) is 5.10 Å². The van der Waals surface area contributed by atoms with Crippen LogP contribution in [0.25, 0.3) is 20.9 Å². The maximum absolute atomic E-state index is 8.61. The summed E-state index contributed by atoms with van der Waals surface area (Å²) in [5.41, 5.74) is 17.2. The van der Waals surface area contributed by atoms with Crippen molar-refractivity contribution in [1.82, 2.24) is 9.78 Å². The van der Waals surface area contributed by atoms with Crippen LogP contribution >= 0.6 is 0 Å². The fourth-order valence-electron chi connectivity index (χ4n) is 2.91. The molecule has 2 aliphatic heterocycles. The van der Waals surface area contributed by atoms with E-state index in [-0.39, 0.29) is 18.3 Å². The van der Waals surface area contributed by atoms with Crippen LogP contribution in [0.5, 0.6) is 0 Å². The Labute approximate surface area is 126 Å². The number of hydrogen-bond acceptors (Lipinski definition) is 5. The summed E-state index contributed by atoms with van der Waals surface area (Å²) < 4.78 is 7.54. The Morgan fingerprint density at radius 3 is 2.50 bits per heavy atom. The summed E-state index contributed by atoms with van der Waals surface area (Å²) in [7, 11) is 0. The van der Waals surface area contributed by atoms with E-state index in [1.54, 1.807) is 0 Å². The maximum Gasteiger partial charge on any atom is 0.150 e. The van der Waals surface area contributed by atoms with Crippen molar-refractivity contribution in [1.29, 1.82) is 0 Å². The number of rotatable bonds is 4. The summed E-state index contributed by atoms with van der Waals surface area (Å²) >= 11 is 0. The molecule has 22 heavy (non-hydrogen) atoms. The average molecular weight is 303 g/mol. The molecule has 2 aliphatic rings. The lowest BCUT2D eigenvalue weighted by Crippen LogP contribution is -2.23. The number of hydrogen-bond donors (Lipinski definition) is 0. The molecule has 10 nitrogen and oxygen atoms in total. The van der Waals surface area contributed by atoms with E-state index in [0.717, 1.165) is 31.7 Å². The molecule has 0 radical (unpaired) electrons. The lowest BCUT2D eigenvalue weighted by atomic mass is 10.2. The molecular formula is C12H17N9O. The van der Waals surface area contributed by atoms with Crippen molar-refractivity contribution in [3.05, 3.63) is 33.1 Å². The third-order valence-corrected chi connectivity index (χ3v) is 4.03. The molecular weight excluding hydrogens is 286 g/mol. The van der Waals surface area contributed by atoms with Crippen molar-refractivity contribution in [3.63, 3.8) is 0 Å².